The van der Waals surface area contributed by atoms with E-state index in [0.29, 0.717) is 5.75 Å². The van der Waals surface area contributed by atoms with Crippen molar-refractivity contribution in [3.05, 3.63) is 46.5 Å². The van der Waals surface area contributed by atoms with Crippen molar-refractivity contribution in [2.45, 2.75) is 58.5 Å². The van der Waals surface area contributed by atoms with Crippen molar-refractivity contribution in [1.82, 2.24) is 0 Å². The van der Waals surface area contributed by atoms with E-state index in [2.05, 4.69) is 13.0 Å². The molecule has 0 unspecified atom stereocenters. The van der Waals surface area contributed by atoms with Crippen LogP contribution < -0.4 is 0 Å². The van der Waals surface area contributed by atoms with Crippen LogP contribution in [0.3, 0.4) is 0 Å². The molecule has 0 aliphatic heterocycles. The van der Waals surface area contributed by atoms with Gasteiger partial charge in [0.2, 0.25) is 0 Å². The quantitative estimate of drug-likeness (QED) is 0.619. The summed E-state index contributed by atoms with van der Waals surface area (Å²) in [5, 5.41) is 19.4. The van der Waals surface area contributed by atoms with Gasteiger partial charge in [0.15, 0.2) is 0 Å². The van der Waals surface area contributed by atoms with Crippen LogP contribution in [-0.4, -0.2) is 15.8 Å². The molecule has 0 amide bonds. The minimum absolute atomic E-state index is 0.314. The van der Waals surface area contributed by atoms with Crippen molar-refractivity contribution in [3.63, 3.8) is 0 Å². The van der Waals surface area contributed by atoms with Gasteiger partial charge in [-0.1, -0.05) is 30.2 Å². The van der Waals surface area contributed by atoms with Gasteiger partial charge in [-0.15, -0.1) is 0 Å². The molecule has 122 valence electrons. The molecule has 0 fully saturated rings. The fourth-order valence-corrected chi connectivity index (χ4v) is 3.33. The number of aromatic hydroxyl groups is 1. The Kier molecular flexibility index (Phi) is 4.20. The first-order valence-corrected chi connectivity index (χ1v) is 8.51. The molecule has 3 aliphatic carbocycles. The molecule has 0 radical (unpaired) electrons. The molecular weight excluding hydrogens is 284 g/mol. The molecule has 2 N–H and O–H groups in total. The number of fused-ring (bicyclic) bond motifs is 3. The van der Waals surface area contributed by atoms with Gasteiger partial charge in [-0.3, -0.25) is 0 Å². The molecule has 0 saturated carbocycles. The molecule has 23 heavy (non-hydrogen) atoms. The van der Waals surface area contributed by atoms with Crippen molar-refractivity contribution >= 4 is 6.08 Å². The van der Waals surface area contributed by atoms with Gasteiger partial charge in [0.1, 0.15) is 5.75 Å². The average Bonchev–Trinajstić information content (AvgIpc) is 3.21. The Hall–Kier alpha value is -1.80. The van der Waals surface area contributed by atoms with Gasteiger partial charge >= 0.3 is 0 Å². The summed E-state index contributed by atoms with van der Waals surface area (Å²) in [6.07, 6.45) is 7.50. The summed E-state index contributed by atoms with van der Waals surface area (Å²) >= 11 is 0. The van der Waals surface area contributed by atoms with Gasteiger partial charge in [-0.2, -0.15) is 0 Å². The molecule has 0 aromatic carbocycles. The summed E-state index contributed by atoms with van der Waals surface area (Å²) in [5.41, 5.74) is 7.61. The predicted molar refractivity (Wildman–Crippen MR) is 96.0 cm³/mol. The first kappa shape index (κ1) is 16.1. The lowest BCUT2D eigenvalue weighted by Crippen LogP contribution is -2.17. The molecule has 3 rings (SSSR count). The molecule has 0 spiro atoms. The number of hydrogen-bond donors (Lipinski definition) is 2. The zero-order valence-electron chi connectivity index (χ0n) is 14.3. The predicted octanol–water partition coefficient (Wildman–Crippen LogP) is 5.14. The second kappa shape index (κ2) is 6.01. The first-order valence-electron chi connectivity index (χ1n) is 8.51. The van der Waals surface area contributed by atoms with E-state index in [9.17, 15) is 10.2 Å². The van der Waals surface area contributed by atoms with Gasteiger partial charge in [0.05, 0.1) is 5.60 Å². The summed E-state index contributed by atoms with van der Waals surface area (Å²) in [5.74, 6) is 0.314. The highest BCUT2D eigenvalue weighted by molar-refractivity contribution is 5.90. The highest BCUT2D eigenvalue weighted by Gasteiger charge is 2.30. The summed E-state index contributed by atoms with van der Waals surface area (Å²) in [6, 6.07) is 7.62. The zero-order chi connectivity index (χ0) is 16.6. The summed E-state index contributed by atoms with van der Waals surface area (Å²) in [7, 11) is 0. The van der Waals surface area contributed by atoms with E-state index in [-0.39, 0.29) is 0 Å². The molecule has 2 heteroatoms. The highest BCUT2D eigenvalue weighted by Crippen LogP contribution is 2.48. The van der Waals surface area contributed by atoms with Gasteiger partial charge < -0.3 is 10.2 Å². The SMILES string of the molecule is CC(=Cc1c2ccc(O)ccc-2c2c1C2)CCCCC(C)(C)O. The molecule has 0 heterocycles. The standard InChI is InChI=1S/C21H26O2/c1-14(6-4-5-11-21(2,3)23)12-18-16-9-7-15(22)8-10-17(16)19-13-20(18)19/h7-10,12,22-23H,4-6,11,13H2,1-3H3. The maximum absolute atomic E-state index is 9.76. The third kappa shape index (κ3) is 3.76. The lowest BCUT2D eigenvalue weighted by atomic mass is 9.98. The first-order chi connectivity index (χ1) is 10.8. The Balaban J connectivity index is 1.71. The highest BCUT2D eigenvalue weighted by atomic mass is 16.3. The number of unbranched alkanes of at least 4 members (excludes halogenated alkanes) is 1. The maximum Gasteiger partial charge on any atom is 0.115 e. The summed E-state index contributed by atoms with van der Waals surface area (Å²) in [6.45, 7) is 5.94. The molecule has 0 saturated heterocycles. The number of rotatable bonds is 6. The van der Waals surface area contributed by atoms with Gasteiger partial charge in [0.25, 0.3) is 0 Å². The van der Waals surface area contributed by atoms with Crippen molar-refractivity contribution in [2.24, 2.45) is 0 Å². The Morgan fingerprint density at radius 2 is 1.78 bits per heavy atom. The van der Waals surface area contributed by atoms with Gasteiger partial charge in [-0.25, -0.2) is 0 Å². The second-order valence-corrected chi connectivity index (χ2v) is 7.48. The van der Waals surface area contributed by atoms with Crippen molar-refractivity contribution in [1.29, 1.82) is 0 Å². The fraction of sp³-hybridized carbons (Fsp3) is 0.429. The van der Waals surface area contributed by atoms with Crippen LogP contribution in [0.5, 0.6) is 5.75 Å². The lowest BCUT2D eigenvalue weighted by molar-refractivity contribution is 0.0682. The third-order valence-corrected chi connectivity index (χ3v) is 4.67. The maximum atomic E-state index is 9.76. The smallest absolute Gasteiger partial charge is 0.115 e. The molecule has 0 aromatic rings. The molecule has 2 nitrogen and oxygen atoms in total. The number of hydrogen-bond acceptors (Lipinski definition) is 2. The van der Waals surface area contributed by atoms with E-state index in [1.165, 1.54) is 33.4 Å². The zero-order valence-corrected chi connectivity index (χ0v) is 14.3. The van der Waals surface area contributed by atoms with E-state index >= 15 is 0 Å². The van der Waals surface area contributed by atoms with Crippen LogP contribution in [0.1, 0.15) is 63.1 Å². The van der Waals surface area contributed by atoms with Crippen LogP contribution in [-0.2, 0) is 6.42 Å². The van der Waals surface area contributed by atoms with Crippen LogP contribution in [0.15, 0.2) is 29.8 Å². The molecule has 0 aromatic heterocycles. The topological polar surface area (TPSA) is 40.5 Å². The van der Waals surface area contributed by atoms with Crippen molar-refractivity contribution < 1.29 is 10.2 Å². The van der Waals surface area contributed by atoms with Gasteiger partial charge in [0, 0.05) is 0 Å². The van der Waals surface area contributed by atoms with Crippen LogP contribution in [0, 0.1) is 0 Å². The van der Waals surface area contributed by atoms with E-state index in [1.807, 2.05) is 26.0 Å². The minimum Gasteiger partial charge on any atom is -0.508 e. The largest absolute Gasteiger partial charge is 0.508 e. The summed E-state index contributed by atoms with van der Waals surface area (Å²) < 4.78 is 0. The van der Waals surface area contributed by atoms with E-state index in [4.69, 9.17) is 0 Å². The van der Waals surface area contributed by atoms with Crippen molar-refractivity contribution in [2.75, 3.05) is 0 Å². The molecule has 0 atom stereocenters. The van der Waals surface area contributed by atoms with Crippen LogP contribution in [0.25, 0.3) is 17.2 Å². The molecule has 3 aliphatic rings. The average molecular weight is 310 g/mol. The Bertz CT molecular complexity index is 720. The van der Waals surface area contributed by atoms with Crippen molar-refractivity contribution in [3.8, 4) is 16.9 Å². The summed E-state index contributed by atoms with van der Waals surface area (Å²) in [4.78, 5) is 0. The Labute approximate surface area is 138 Å². The van der Waals surface area contributed by atoms with E-state index in [0.717, 1.165) is 32.1 Å². The van der Waals surface area contributed by atoms with Gasteiger partial charge in [-0.05, 0) is 86.4 Å². The van der Waals surface area contributed by atoms with Crippen LogP contribution in [0.2, 0.25) is 0 Å². The van der Waals surface area contributed by atoms with E-state index in [1.54, 1.807) is 12.1 Å². The Morgan fingerprint density at radius 3 is 2.48 bits per heavy atom. The fourth-order valence-electron chi connectivity index (χ4n) is 3.33. The minimum atomic E-state index is -0.554. The monoisotopic (exact) mass is 310 g/mol. The van der Waals surface area contributed by atoms with Crippen LogP contribution in [0.4, 0.5) is 0 Å². The number of aliphatic hydroxyl groups is 1. The Morgan fingerprint density at radius 1 is 1.09 bits per heavy atom. The number of allylic oxidation sites excluding steroid dienone is 1. The van der Waals surface area contributed by atoms with E-state index < -0.39 is 5.60 Å². The normalized spacial score (nSPS) is 14.2. The third-order valence-electron chi connectivity index (χ3n) is 4.67. The van der Waals surface area contributed by atoms with Crippen LogP contribution >= 0.6 is 0 Å². The second-order valence-electron chi connectivity index (χ2n) is 7.48. The molecular formula is C21H26O2. The molecule has 0 bridgehead atoms. The lowest BCUT2D eigenvalue weighted by Gasteiger charge is -2.16.